The first-order valence-electron chi connectivity index (χ1n) is 5.69. The maximum absolute atomic E-state index is 11.9. The zero-order valence-electron chi connectivity index (χ0n) is 10.6. The summed E-state index contributed by atoms with van der Waals surface area (Å²) in [6.45, 7) is 3.81. The topological polar surface area (TPSA) is 88.0 Å². The standard InChI is InChI=1S/C13H13N3O3/c1-8-3-4-9(2)11(5-8)15-13(17)12-6-10(7-14-12)16(18)19/h3-7,14H,1-2H3,(H,15,17). The second kappa shape index (κ2) is 4.93. The van der Waals surface area contributed by atoms with Crippen LogP contribution in [-0.4, -0.2) is 15.8 Å². The highest BCUT2D eigenvalue weighted by Gasteiger charge is 2.15. The van der Waals surface area contributed by atoms with E-state index >= 15 is 0 Å². The molecule has 0 saturated carbocycles. The summed E-state index contributed by atoms with van der Waals surface area (Å²) in [5.41, 5.74) is 2.68. The van der Waals surface area contributed by atoms with Crippen LogP contribution in [0.3, 0.4) is 0 Å². The Labute approximate surface area is 109 Å². The van der Waals surface area contributed by atoms with Gasteiger partial charge in [-0.1, -0.05) is 12.1 Å². The molecule has 1 aromatic heterocycles. The minimum absolute atomic E-state index is 0.133. The van der Waals surface area contributed by atoms with Crippen LogP contribution in [0.4, 0.5) is 11.4 Å². The predicted octanol–water partition coefficient (Wildman–Crippen LogP) is 2.79. The number of hydrogen-bond acceptors (Lipinski definition) is 3. The molecule has 1 amide bonds. The fraction of sp³-hybridized carbons (Fsp3) is 0.154. The van der Waals surface area contributed by atoms with Crippen LogP contribution in [0.25, 0.3) is 0 Å². The maximum Gasteiger partial charge on any atom is 0.287 e. The second-order valence-electron chi connectivity index (χ2n) is 4.30. The Morgan fingerprint density at radius 1 is 1.32 bits per heavy atom. The van der Waals surface area contributed by atoms with Gasteiger partial charge in [-0.25, -0.2) is 0 Å². The van der Waals surface area contributed by atoms with Gasteiger partial charge in [0.2, 0.25) is 0 Å². The molecule has 1 aromatic carbocycles. The van der Waals surface area contributed by atoms with Crippen molar-refractivity contribution in [2.45, 2.75) is 13.8 Å². The molecule has 2 rings (SSSR count). The zero-order valence-corrected chi connectivity index (χ0v) is 10.6. The fourth-order valence-electron chi connectivity index (χ4n) is 1.68. The smallest absolute Gasteiger partial charge is 0.287 e. The van der Waals surface area contributed by atoms with E-state index in [2.05, 4.69) is 10.3 Å². The SMILES string of the molecule is Cc1ccc(C)c(NC(=O)c2cc([N+](=O)[O-])c[nH]2)c1. The Morgan fingerprint density at radius 2 is 2.05 bits per heavy atom. The number of H-pyrrole nitrogens is 1. The molecule has 0 radical (unpaired) electrons. The van der Waals surface area contributed by atoms with E-state index in [4.69, 9.17) is 0 Å². The summed E-state index contributed by atoms with van der Waals surface area (Å²) in [6, 6.07) is 6.91. The summed E-state index contributed by atoms with van der Waals surface area (Å²) < 4.78 is 0. The number of rotatable bonds is 3. The molecular weight excluding hydrogens is 246 g/mol. The number of benzene rings is 1. The predicted molar refractivity (Wildman–Crippen MR) is 71.3 cm³/mol. The molecule has 0 saturated heterocycles. The molecule has 2 aromatic rings. The Morgan fingerprint density at radius 3 is 2.68 bits per heavy atom. The molecule has 0 aliphatic heterocycles. The van der Waals surface area contributed by atoms with Gasteiger partial charge in [0.05, 0.1) is 11.1 Å². The van der Waals surface area contributed by atoms with Crippen LogP contribution in [0.2, 0.25) is 0 Å². The monoisotopic (exact) mass is 259 g/mol. The lowest BCUT2D eigenvalue weighted by atomic mass is 10.1. The lowest BCUT2D eigenvalue weighted by Gasteiger charge is -2.08. The summed E-state index contributed by atoms with van der Waals surface area (Å²) in [6.07, 6.45) is 1.19. The molecule has 0 spiro atoms. The minimum atomic E-state index is -0.550. The van der Waals surface area contributed by atoms with Gasteiger partial charge in [0.1, 0.15) is 5.69 Å². The van der Waals surface area contributed by atoms with E-state index in [1.165, 1.54) is 12.3 Å². The lowest BCUT2D eigenvalue weighted by Crippen LogP contribution is -2.13. The Balaban J connectivity index is 2.20. The number of nitrogens with zero attached hydrogens (tertiary/aromatic N) is 1. The van der Waals surface area contributed by atoms with Gasteiger partial charge in [0.15, 0.2) is 0 Å². The highest BCUT2D eigenvalue weighted by molar-refractivity contribution is 6.03. The average Bonchev–Trinajstić information content (AvgIpc) is 2.83. The van der Waals surface area contributed by atoms with Crippen molar-refractivity contribution < 1.29 is 9.72 Å². The Hall–Kier alpha value is -2.63. The Kier molecular flexibility index (Phi) is 3.33. The molecule has 19 heavy (non-hydrogen) atoms. The number of carbonyl (C=O) groups excluding carboxylic acids is 1. The van der Waals surface area contributed by atoms with E-state index in [0.717, 1.165) is 11.1 Å². The summed E-state index contributed by atoms with van der Waals surface area (Å²) in [5, 5.41) is 13.3. The van der Waals surface area contributed by atoms with Gasteiger partial charge in [-0.3, -0.25) is 14.9 Å². The number of aryl methyl sites for hydroxylation is 2. The molecule has 0 aliphatic rings. The van der Waals surface area contributed by atoms with Crippen LogP contribution in [-0.2, 0) is 0 Å². The molecule has 0 fully saturated rings. The van der Waals surface area contributed by atoms with Gasteiger partial charge in [-0.05, 0) is 31.0 Å². The highest BCUT2D eigenvalue weighted by atomic mass is 16.6. The molecule has 0 bridgehead atoms. The number of carbonyl (C=O) groups is 1. The number of nitro groups is 1. The molecular formula is C13H13N3O3. The summed E-state index contributed by atoms with van der Waals surface area (Å²) in [7, 11) is 0. The molecule has 1 heterocycles. The van der Waals surface area contributed by atoms with Crippen LogP contribution in [0.15, 0.2) is 30.5 Å². The molecule has 0 unspecified atom stereocenters. The van der Waals surface area contributed by atoms with Crippen molar-refractivity contribution in [3.8, 4) is 0 Å². The van der Waals surface area contributed by atoms with Gasteiger partial charge in [-0.2, -0.15) is 0 Å². The van der Waals surface area contributed by atoms with E-state index in [9.17, 15) is 14.9 Å². The number of nitrogens with one attached hydrogen (secondary N) is 2. The summed E-state index contributed by atoms with van der Waals surface area (Å²) in [5.74, 6) is -0.401. The van der Waals surface area contributed by atoms with E-state index in [1.807, 2.05) is 32.0 Å². The number of aromatic amines is 1. The minimum Gasteiger partial charge on any atom is -0.351 e. The molecule has 0 atom stereocenters. The van der Waals surface area contributed by atoms with Crippen molar-refractivity contribution in [3.63, 3.8) is 0 Å². The number of anilines is 1. The molecule has 0 aliphatic carbocycles. The van der Waals surface area contributed by atoms with Crippen molar-refractivity contribution in [2.75, 3.05) is 5.32 Å². The second-order valence-corrected chi connectivity index (χ2v) is 4.30. The van der Waals surface area contributed by atoms with Crippen molar-refractivity contribution in [3.05, 3.63) is 57.4 Å². The van der Waals surface area contributed by atoms with Gasteiger partial charge >= 0.3 is 0 Å². The zero-order chi connectivity index (χ0) is 14.0. The third-order valence-corrected chi connectivity index (χ3v) is 2.76. The van der Waals surface area contributed by atoms with Gasteiger partial charge in [0, 0.05) is 11.8 Å². The molecule has 98 valence electrons. The van der Waals surface area contributed by atoms with E-state index in [-0.39, 0.29) is 11.4 Å². The normalized spacial score (nSPS) is 10.2. The van der Waals surface area contributed by atoms with Crippen molar-refractivity contribution in [1.29, 1.82) is 0 Å². The summed E-state index contributed by atoms with van der Waals surface area (Å²) in [4.78, 5) is 24.5. The fourth-order valence-corrected chi connectivity index (χ4v) is 1.68. The van der Waals surface area contributed by atoms with Crippen LogP contribution < -0.4 is 5.32 Å². The largest absolute Gasteiger partial charge is 0.351 e. The highest BCUT2D eigenvalue weighted by Crippen LogP contribution is 2.18. The van der Waals surface area contributed by atoms with Crippen LogP contribution in [0.5, 0.6) is 0 Å². The van der Waals surface area contributed by atoms with Crippen molar-refractivity contribution in [1.82, 2.24) is 4.98 Å². The first-order valence-corrected chi connectivity index (χ1v) is 5.69. The van der Waals surface area contributed by atoms with Gasteiger partial charge < -0.3 is 10.3 Å². The van der Waals surface area contributed by atoms with E-state index in [0.29, 0.717) is 5.69 Å². The number of aromatic nitrogens is 1. The first-order chi connectivity index (χ1) is 8.97. The quantitative estimate of drug-likeness (QED) is 0.656. The maximum atomic E-state index is 11.9. The summed E-state index contributed by atoms with van der Waals surface area (Å²) >= 11 is 0. The van der Waals surface area contributed by atoms with Crippen LogP contribution in [0.1, 0.15) is 21.6 Å². The molecule has 6 nitrogen and oxygen atoms in total. The molecule has 2 N–H and O–H groups in total. The van der Waals surface area contributed by atoms with Crippen LogP contribution >= 0.6 is 0 Å². The Bertz CT molecular complexity index is 646. The van der Waals surface area contributed by atoms with Gasteiger partial charge in [-0.15, -0.1) is 0 Å². The number of amides is 1. The third kappa shape index (κ3) is 2.79. The van der Waals surface area contributed by atoms with Crippen molar-refractivity contribution in [2.24, 2.45) is 0 Å². The molecule has 6 heteroatoms. The van der Waals surface area contributed by atoms with Gasteiger partial charge in [0.25, 0.3) is 11.6 Å². The number of hydrogen-bond donors (Lipinski definition) is 2. The average molecular weight is 259 g/mol. The van der Waals surface area contributed by atoms with E-state index in [1.54, 1.807) is 0 Å². The van der Waals surface area contributed by atoms with Crippen molar-refractivity contribution >= 4 is 17.3 Å². The first kappa shape index (κ1) is 12.8. The third-order valence-electron chi connectivity index (χ3n) is 2.76. The van der Waals surface area contributed by atoms with E-state index < -0.39 is 10.8 Å². The van der Waals surface area contributed by atoms with Crippen LogP contribution in [0, 0.1) is 24.0 Å². The lowest BCUT2D eigenvalue weighted by molar-refractivity contribution is -0.384.